The van der Waals surface area contributed by atoms with E-state index in [1.807, 2.05) is 0 Å². The van der Waals surface area contributed by atoms with E-state index in [1.54, 1.807) is 45.5 Å². The smallest absolute Gasteiger partial charge is 0.427 e. The second kappa shape index (κ2) is 5.21. The standard InChI is InChI=1S/C10H14N2O3/c1-12(2)11-10(13)15-9-6-4-8(14-3)5-7-9/h4-7H,1-3H3,(H,11,13). The molecule has 0 aliphatic heterocycles. The van der Waals surface area contributed by atoms with Gasteiger partial charge in [0.25, 0.3) is 0 Å². The van der Waals surface area contributed by atoms with E-state index >= 15 is 0 Å². The van der Waals surface area contributed by atoms with Gasteiger partial charge in [0, 0.05) is 14.1 Å². The molecular weight excluding hydrogens is 196 g/mol. The van der Waals surface area contributed by atoms with Crippen molar-refractivity contribution in [1.82, 2.24) is 10.4 Å². The number of ether oxygens (including phenoxy) is 2. The molecule has 0 atom stereocenters. The van der Waals surface area contributed by atoms with Crippen molar-refractivity contribution in [2.45, 2.75) is 0 Å². The van der Waals surface area contributed by atoms with E-state index in [-0.39, 0.29) is 0 Å². The van der Waals surface area contributed by atoms with Gasteiger partial charge in [-0.2, -0.15) is 0 Å². The summed E-state index contributed by atoms with van der Waals surface area (Å²) < 4.78 is 9.95. The molecule has 82 valence electrons. The summed E-state index contributed by atoms with van der Waals surface area (Å²) in [5.41, 5.74) is 2.46. The van der Waals surface area contributed by atoms with E-state index in [1.165, 1.54) is 5.01 Å². The lowest BCUT2D eigenvalue weighted by atomic mass is 10.3. The topological polar surface area (TPSA) is 50.8 Å². The molecule has 0 unspecified atom stereocenters. The van der Waals surface area contributed by atoms with Crippen LogP contribution in [0.4, 0.5) is 4.79 Å². The van der Waals surface area contributed by atoms with Gasteiger partial charge in [0.2, 0.25) is 0 Å². The molecule has 0 aromatic heterocycles. The van der Waals surface area contributed by atoms with E-state index in [9.17, 15) is 4.79 Å². The van der Waals surface area contributed by atoms with Crippen molar-refractivity contribution in [2.24, 2.45) is 0 Å². The van der Waals surface area contributed by atoms with Gasteiger partial charge in [0.15, 0.2) is 0 Å². The molecule has 0 aliphatic rings. The molecule has 0 radical (unpaired) electrons. The second-order valence-corrected chi connectivity index (χ2v) is 3.07. The SMILES string of the molecule is COc1ccc(OC(=O)NN(C)C)cc1. The van der Waals surface area contributed by atoms with E-state index < -0.39 is 6.09 Å². The third-order valence-corrected chi connectivity index (χ3v) is 1.58. The summed E-state index contributed by atoms with van der Waals surface area (Å²) in [5.74, 6) is 1.19. The van der Waals surface area contributed by atoms with Crippen LogP contribution in [0, 0.1) is 0 Å². The van der Waals surface area contributed by atoms with Gasteiger partial charge >= 0.3 is 6.09 Å². The van der Waals surface area contributed by atoms with Crippen molar-refractivity contribution < 1.29 is 14.3 Å². The molecule has 0 fully saturated rings. The highest BCUT2D eigenvalue weighted by Crippen LogP contribution is 2.16. The predicted octanol–water partition coefficient (Wildman–Crippen LogP) is 1.26. The first-order valence-corrected chi connectivity index (χ1v) is 4.41. The van der Waals surface area contributed by atoms with Crippen molar-refractivity contribution >= 4 is 6.09 Å². The van der Waals surface area contributed by atoms with Crippen molar-refractivity contribution in [3.05, 3.63) is 24.3 Å². The quantitative estimate of drug-likeness (QED) is 0.763. The second-order valence-electron chi connectivity index (χ2n) is 3.07. The lowest BCUT2D eigenvalue weighted by Gasteiger charge is -2.11. The maximum atomic E-state index is 11.2. The van der Waals surface area contributed by atoms with Crippen molar-refractivity contribution in [3.63, 3.8) is 0 Å². The van der Waals surface area contributed by atoms with Crippen LogP contribution in [0.25, 0.3) is 0 Å². The summed E-state index contributed by atoms with van der Waals surface area (Å²) in [6.45, 7) is 0. The molecule has 15 heavy (non-hydrogen) atoms. The molecule has 0 bridgehead atoms. The largest absolute Gasteiger partial charge is 0.497 e. The Balaban J connectivity index is 2.53. The fraction of sp³-hybridized carbons (Fsp3) is 0.300. The molecule has 5 nitrogen and oxygen atoms in total. The Hall–Kier alpha value is -1.75. The van der Waals surface area contributed by atoms with Gasteiger partial charge in [0.05, 0.1) is 7.11 Å². The molecule has 0 saturated heterocycles. The first-order chi connectivity index (χ1) is 7.11. The zero-order chi connectivity index (χ0) is 11.3. The molecular formula is C10H14N2O3. The van der Waals surface area contributed by atoms with Crippen LogP contribution in [0.2, 0.25) is 0 Å². The van der Waals surface area contributed by atoms with E-state index in [0.717, 1.165) is 5.75 Å². The van der Waals surface area contributed by atoms with Crippen molar-refractivity contribution in [2.75, 3.05) is 21.2 Å². The van der Waals surface area contributed by atoms with Crippen LogP contribution >= 0.6 is 0 Å². The van der Waals surface area contributed by atoms with Gasteiger partial charge in [-0.15, -0.1) is 0 Å². The van der Waals surface area contributed by atoms with Crippen molar-refractivity contribution in [1.29, 1.82) is 0 Å². The number of benzene rings is 1. The lowest BCUT2D eigenvalue weighted by Crippen LogP contribution is -2.38. The molecule has 1 aromatic rings. The van der Waals surface area contributed by atoms with E-state index in [4.69, 9.17) is 9.47 Å². The van der Waals surface area contributed by atoms with Gasteiger partial charge in [0.1, 0.15) is 11.5 Å². The predicted molar refractivity (Wildman–Crippen MR) is 55.8 cm³/mol. The summed E-state index contributed by atoms with van der Waals surface area (Å²) in [7, 11) is 4.99. The number of amides is 1. The summed E-state index contributed by atoms with van der Waals surface area (Å²) in [6.07, 6.45) is -0.523. The van der Waals surface area contributed by atoms with Crippen LogP contribution in [-0.2, 0) is 0 Å². The van der Waals surface area contributed by atoms with Gasteiger partial charge in [-0.1, -0.05) is 0 Å². The Labute approximate surface area is 88.6 Å². The zero-order valence-electron chi connectivity index (χ0n) is 8.98. The molecule has 5 heteroatoms. The Morgan fingerprint density at radius 2 is 1.73 bits per heavy atom. The highest BCUT2D eigenvalue weighted by atomic mass is 16.6. The normalized spacial score (nSPS) is 9.87. The molecule has 1 rings (SSSR count). The average molecular weight is 210 g/mol. The number of nitrogens with zero attached hydrogens (tertiary/aromatic N) is 1. The Morgan fingerprint density at radius 1 is 1.20 bits per heavy atom. The average Bonchev–Trinajstić information content (AvgIpc) is 2.17. The maximum absolute atomic E-state index is 11.2. The number of carbonyl (C=O) groups excluding carboxylic acids is 1. The third kappa shape index (κ3) is 3.86. The fourth-order valence-corrected chi connectivity index (χ4v) is 0.956. The van der Waals surface area contributed by atoms with Crippen LogP contribution < -0.4 is 14.9 Å². The van der Waals surface area contributed by atoms with Gasteiger partial charge in [-0.3, -0.25) is 5.43 Å². The third-order valence-electron chi connectivity index (χ3n) is 1.58. The monoisotopic (exact) mass is 210 g/mol. The molecule has 0 spiro atoms. The van der Waals surface area contributed by atoms with Crippen LogP contribution in [0.1, 0.15) is 0 Å². The fourth-order valence-electron chi connectivity index (χ4n) is 0.956. The number of methoxy groups -OCH3 is 1. The minimum Gasteiger partial charge on any atom is -0.497 e. The summed E-state index contributed by atoms with van der Waals surface area (Å²) in [4.78, 5) is 11.2. The highest BCUT2D eigenvalue weighted by Gasteiger charge is 2.04. The number of carbonyl (C=O) groups is 1. The minimum atomic E-state index is -0.523. The van der Waals surface area contributed by atoms with Crippen LogP contribution in [0.5, 0.6) is 11.5 Å². The Morgan fingerprint density at radius 3 is 2.20 bits per heavy atom. The summed E-state index contributed by atoms with van der Waals surface area (Å²) >= 11 is 0. The number of hydrogen-bond donors (Lipinski definition) is 1. The molecule has 1 amide bonds. The number of rotatable bonds is 3. The first kappa shape index (κ1) is 11.3. The Kier molecular flexibility index (Phi) is 3.93. The molecule has 0 aliphatic carbocycles. The molecule has 0 saturated carbocycles. The van der Waals surface area contributed by atoms with Crippen LogP contribution in [0.15, 0.2) is 24.3 Å². The summed E-state index contributed by atoms with van der Waals surface area (Å²) in [6, 6.07) is 6.76. The van der Waals surface area contributed by atoms with Crippen molar-refractivity contribution in [3.8, 4) is 11.5 Å². The minimum absolute atomic E-state index is 0.468. The van der Waals surface area contributed by atoms with Gasteiger partial charge in [-0.25, -0.2) is 9.80 Å². The summed E-state index contributed by atoms with van der Waals surface area (Å²) in [5, 5.41) is 1.51. The molecule has 1 aromatic carbocycles. The molecule has 0 heterocycles. The number of hydrazine groups is 1. The first-order valence-electron chi connectivity index (χ1n) is 4.41. The number of hydrogen-bond acceptors (Lipinski definition) is 4. The van der Waals surface area contributed by atoms with Gasteiger partial charge in [-0.05, 0) is 24.3 Å². The van der Waals surface area contributed by atoms with E-state index in [0.29, 0.717) is 5.75 Å². The number of nitrogens with one attached hydrogen (secondary N) is 1. The molecule has 1 N–H and O–H groups in total. The van der Waals surface area contributed by atoms with Crippen LogP contribution in [-0.4, -0.2) is 32.3 Å². The van der Waals surface area contributed by atoms with E-state index in [2.05, 4.69) is 5.43 Å². The zero-order valence-corrected chi connectivity index (χ0v) is 8.98. The lowest BCUT2D eigenvalue weighted by molar-refractivity contribution is 0.171. The Bertz CT molecular complexity index is 322. The maximum Gasteiger partial charge on any atom is 0.427 e. The van der Waals surface area contributed by atoms with Crippen LogP contribution in [0.3, 0.4) is 0 Å². The van der Waals surface area contributed by atoms with Gasteiger partial charge < -0.3 is 9.47 Å². The highest BCUT2D eigenvalue weighted by molar-refractivity contribution is 5.69.